The van der Waals surface area contributed by atoms with Crippen LogP contribution < -0.4 is 5.32 Å². The molecule has 2 aromatic rings. The Balaban J connectivity index is 1.90. The van der Waals surface area contributed by atoms with Gasteiger partial charge >= 0.3 is 12.1 Å². The summed E-state index contributed by atoms with van der Waals surface area (Å²) >= 11 is 1.17. The number of benzene rings is 1. The van der Waals surface area contributed by atoms with Gasteiger partial charge in [0, 0.05) is 17.5 Å². The van der Waals surface area contributed by atoms with Gasteiger partial charge in [0.25, 0.3) is 0 Å². The molecular formula is C15H13F3N2O4S. The number of nitrogens with zero attached hydrogens (tertiary/aromatic N) is 1. The molecule has 0 saturated carbocycles. The van der Waals surface area contributed by atoms with Crippen LogP contribution in [0.15, 0.2) is 29.6 Å². The Morgan fingerprint density at radius 3 is 2.72 bits per heavy atom. The summed E-state index contributed by atoms with van der Waals surface area (Å²) in [7, 11) is 0. The van der Waals surface area contributed by atoms with Crippen LogP contribution in [-0.4, -0.2) is 41.4 Å². The summed E-state index contributed by atoms with van der Waals surface area (Å²) in [5.74, 6) is -1.79. The van der Waals surface area contributed by atoms with Crippen molar-refractivity contribution in [2.24, 2.45) is 0 Å². The van der Waals surface area contributed by atoms with Crippen LogP contribution in [0, 0.1) is 0 Å². The lowest BCUT2D eigenvalue weighted by Crippen LogP contribution is -2.29. The van der Waals surface area contributed by atoms with Crippen molar-refractivity contribution in [3.8, 4) is 10.6 Å². The number of carboxylic acids is 1. The van der Waals surface area contributed by atoms with E-state index in [-0.39, 0.29) is 12.2 Å². The zero-order valence-electron chi connectivity index (χ0n) is 12.7. The van der Waals surface area contributed by atoms with Gasteiger partial charge in [0.15, 0.2) is 5.69 Å². The van der Waals surface area contributed by atoms with Crippen molar-refractivity contribution in [1.29, 1.82) is 0 Å². The van der Waals surface area contributed by atoms with Gasteiger partial charge < -0.3 is 15.2 Å². The van der Waals surface area contributed by atoms with Crippen LogP contribution >= 0.6 is 11.3 Å². The average Bonchev–Trinajstić information content (AvgIpc) is 3.02. The van der Waals surface area contributed by atoms with E-state index in [2.05, 4.69) is 15.0 Å². The number of amides is 1. The highest BCUT2D eigenvalue weighted by Crippen LogP contribution is 2.24. The number of rotatable bonds is 7. The molecule has 0 saturated heterocycles. The minimum atomic E-state index is -4.48. The largest absolute Gasteiger partial charge is 0.476 e. The van der Waals surface area contributed by atoms with Crippen LogP contribution in [0.2, 0.25) is 0 Å². The van der Waals surface area contributed by atoms with E-state index in [4.69, 9.17) is 5.11 Å². The van der Waals surface area contributed by atoms with E-state index in [1.165, 1.54) is 16.7 Å². The molecule has 2 N–H and O–H groups in total. The molecular weight excluding hydrogens is 361 g/mol. The highest BCUT2D eigenvalue weighted by atomic mass is 32.1. The predicted molar refractivity (Wildman–Crippen MR) is 83.2 cm³/mol. The molecule has 10 heteroatoms. The van der Waals surface area contributed by atoms with Crippen molar-refractivity contribution < 1.29 is 32.6 Å². The molecule has 0 spiro atoms. The first-order valence-corrected chi connectivity index (χ1v) is 7.82. The Morgan fingerprint density at radius 1 is 1.32 bits per heavy atom. The molecule has 25 heavy (non-hydrogen) atoms. The van der Waals surface area contributed by atoms with Gasteiger partial charge in [-0.25, -0.2) is 9.78 Å². The highest BCUT2D eigenvalue weighted by molar-refractivity contribution is 7.13. The molecule has 1 aromatic carbocycles. The lowest BCUT2D eigenvalue weighted by Gasteiger charge is -2.09. The molecule has 1 aromatic heterocycles. The molecule has 1 amide bonds. The number of alkyl halides is 3. The van der Waals surface area contributed by atoms with Gasteiger partial charge in [-0.3, -0.25) is 4.79 Å². The maximum Gasteiger partial charge on any atom is 0.411 e. The smallest absolute Gasteiger partial charge is 0.411 e. The lowest BCUT2D eigenvalue weighted by molar-refractivity contribution is -0.175. The zero-order valence-corrected chi connectivity index (χ0v) is 13.5. The van der Waals surface area contributed by atoms with Crippen LogP contribution in [0.25, 0.3) is 10.6 Å². The van der Waals surface area contributed by atoms with Gasteiger partial charge in [-0.05, 0) is 11.6 Å². The number of nitrogens with one attached hydrogen (secondary N) is 1. The number of carbonyl (C=O) groups is 2. The third-order valence-corrected chi connectivity index (χ3v) is 3.78. The highest BCUT2D eigenvalue weighted by Gasteiger charge is 2.27. The molecule has 0 bridgehead atoms. The van der Waals surface area contributed by atoms with Crippen LogP contribution in [0.5, 0.6) is 0 Å². The van der Waals surface area contributed by atoms with E-state index in [1.54, 1.807) is 24.3 Å². The maximum atomic E-state index is 11.9. The van der Waals surface area contributed by atoms with E-state index in [1.807, 2.05) is 0 Å². The number of aromatic nitrogens is 1. The summed E-state index contributed by atoms with van der Waals surface area (Å²) in [6.45, 7) is -2.07. The molecule has 1 heterocycles. The predicted octanol–water partition coefficient (Wildman–Crippen LogP) is 2.70. The fraction of sp³-hybridized carbons (Fsp3) is 0.267. The fourth-order valence-electron chi connectivity index (χ4n) is 1.83. The summed E-state index contributed by atoms with van der Waals surface area (Å²) in [4.78, 5) is 26.3. The van der Waals surface area contributed by atoms with Gasteiger partial charge in [0.2, 0.25) is 5.91 Å². The van der Waals surface area contributed by atoms with Gasteiger partial charge in [-0.2, -0.15) is 13.2 Å². The second-order valence-corrected chi connectivity index (χ2v) is 5.79. The Hall–Kier alpha value is -2.46. The number of ether oxygens (including phenoxy) is 1. The summed E-state index contributed by atoms with van der Waals surface area (Å²) in [5.41, 5.74) is 1.31. The van der Waals surface area contributed by atoms with E-state index in [0.29, 0.717) is 16.1 Å². The third kappa shape index (κ3) is 6.16. The minimum Gasteiger partial charge on any atom is -0.476 e. The van der Waals surface area contributed by atoms with Crippen LogP contribution in [-0.2, 0) is 16.1 Å². The normalized spacial score (nSPS) is 11.3. The number of halogens is 3. The average molecular weight is 374 g/mol. The number of carboxylic acid groups (broad SMARTS) is 1. The van der Waals surface area contributed by atoms with E-state index >= 15 is 0 Å². The summed E-state index contributed by atoms with van der Waals surface area (Å²) < 4.78 is 40.0. The third-order valence-electron chi connectivity index (χ3n) is 2.89. The molecule has 0 fully saturated rings. The lowest BCUT2D eigenvalue weighted by atomic mass is 10.1. The van der Waals surface area contributed by atoms with E-state index < -0.39 is 31.3 Å². The molecule has 0 aliphatic carbocycles. The number of carbonyl (C=O) groups excluding carboxylic acids is 1. The number of hydrogen-bond acceptors (Lipinski definition) is 5. The van der Waals surface area contributed by atoms with Crippen molar-refractivity contribution >= 4 is 23.2 Å². The van der Waals surface area contributed by atoms with Crippen molar-refractivity contribution in [2.75, 3.05) is 13.2 Å². The van der Waals surface area contributed by atoms with Crippen molar-refractivity contribution in [1.82, 2.24) is 10.3 Å². The SMILES string of the molecule is O=C(COCC(F)(F)F)NCc1cccc(-c2nc(C(=O)O)cs2)c1. The van der Waals surface area contributed by atoms with Crippen molar-refractivity contribution in [2.45, 2.75) is 12.7 Å². The first-order chi connectivity index (χ1) is 11.7. The van der Waals surface area contributed by atoms with Crippen LogP contribution in [0.1, 0.15) is 16.1 Å². The molecule has 0 unspecified atom stereocenters. The topological polar surface area (TPSA) is 88.5 Å². The quantitative estimate of drug-likeness (QED) is 0.778. The van der Waals surface area contributed by atoms with Crippen LogP contribution in [0.3, 0.4) is 0 Å². The van der Waals surface area contributed by atoms with E-state index in [9.17, 15) is 22.8 Å². The van der Waals surface area contributed by atoms with E-state index in [0.717, 1.165) is 0 Å². The van der Waals surface area contributed by atoms with Gasteiger partial charge in [0.1, 0.15) is 18.2 Å². The first-order valence-electron chi connectivity index (χ1n) is 6.94. The Labute approximate surface area is 144 Å². The maximum absolute atomic E-state index is 11.9. The Morgan fingerprint density at radius 2 is 2.08 bits per heavy atom. The molecule has 2 rings (SSSR count). The minimum absolute atomic E-state index is 0.0551. The first kappa shape index (κ1) is 18.9. The molecule has 0 atom stereocenters. The number of aromatic carboxylic acids is 1. The second-order valence-electron chi connectivity index (χ2n) is 4.93. The van der Waals surface area contributed by atoms with Gasteiger partial charge in [-0.1, -0.05) is 18.2 Å². The zero-order chi connectivity index (χ0) is 18.4. The molecule has 134 valence electrons. The second kappa shape index (κ2) is 8.08. The fourth-order valence-corrected chi connectivity index (χ4v) is 2.62. The summed E-state index contributed by atoms with van der Waals surface area (Å²) in [6, 6.07) is 6.87. The van der Waals surface area contributed by atoms with Crippen molar-refractivity contribution in [3.63, 3.8) is 0 Å². The summed E-state index contributed by atoms with van der Waals surface area (Å²) in [5, 5.41) is 13.3. The Kier molecular flexibility index (Phi) is 6.10. The molecule has 0 radical (unpaired) electrons. The standard InChI is InChI=1S/C15H13F3N2O4S/c16-15(17,18)8-24-6-12(21)19-5-9-2-1-3-10(4-9)13-20-11(7-25-13)14(22)23/h1-4,7H,5-6,8H2,(H,19,21)(H,22,23). The van der Waals surface area contributed by atoms with Gasteiger partial charge in [-0.15, -0.1) is 11.3 Å². The van der Waals surface area contributed by atoms with Crippen molar-refractivity contribution in [3.05, 3.63) is 40.9 Å². The molecule has 0 aliphatic rings. The number of thiazole rings is 1. The number of hydrogen-bond donors (Lipinski definition) is 2. The van der Waals surface area contributed by atoms with Gasteiger partial charge in [0.05, 0.1) is 0 Å². The monoisotopic (exact) mass is 374 g/mol. The Bertz CT molecular complexity index is 761. The van der Waals surface area contributed by atoms with Crippen LogP contribution in [0.4, 0.5) is 13.2 Å². The molecule has 6 nitrogen and oxygen atoms in total. The summed E-state index contributed by atoms with van der Waals surface area (Å²) in [6.07, 6.45) is -4.48. The molecule has 0 aliphatic heterocycles.